The van der Waals surface area contributed by atoms with Gasteiger partial charge in [-0.1, -0.05) is 0 Å². The summed E-state index contributed by atoms with van der Waals surface area (Å²) < 4.78 is 79.6. The number of fused-ring (bicyclic) bond motifs is 6. The Bertz CT molecular complexity index is 1420. The van der Waals surface area contributed by atoms with E-state index in [4.69, 9.17) is 18.9 Å². The van der Waals surface area contributed by atoms with Crippen molar-refractivity contribution in [3.8, 4) is 23.0 Å². The van der Waals surface area contributed by atoms with Crippen LogP contribution in [0.15, 0.2) is 36.4 Å². The number of rotatable bonds is 2. The Labute approximate surface area is 193 Å². The lowest BCUT2D eigenvalue weighted by Gasteiger charge is -2.36. The highest BCUT2D eigenvalue weighted by molar-refractivity contribution is 5.97. The van der Waals surface area contributed by atoms with E-state index in [-0.39, 0.29) is 34.1 Å². The molecule has 0 N–H and O–H groups in total. The predicted molar refractivity (Wildman–Crippen MR) is 107 cm³/mol. The van der Waals surface area contributed by atoms with Crippen molar-refractivity contribution in [2.75, 3.05) is 0 Å². The molecule has 3 aromatic rings. The minimum Gasteiger partial charge on any atom is -0.456 e. The molecule has 11 heteroatoms. The van der Waals surface area contributed by atoms with Crippen LogP contribution in [0.3, 0.4) is 0 Å². The van der Waals surface area contributed by atoms with Crippen LogP contribution in [0.5, 0.6) is 23.0 Å². The van der Waals surface area contributed by atoms with Crippen LogP contribution >= 0.6 is 0 Å². The summed E-state index contributed by atoms with van der Waals surface area (Å²) in [6.07, 6.45) is 0. The third-order valence-electron chi connectivity index (χ3n) is 5.48. The van der Waals surface area contributed by atoms with Crippen molar-refractivity contribution < 1.29 is 50.9 Å². The van der Waals surface area contributed by atoms with Gasteiger partial charge in [0.05, 0.1) is 5.56 Å². The number of hydrogen-bond donors (Lipinski definition) is 0. The molecule has 0 atom stereocenters. The van der Waals surface area contributed by atoms with E-state index in [0.29, 0.717) is 0 Å². The molecule has 35 heavy (non-hydrogen) atoms. The molecule has 0 fully saturated rings. The van der Waals surface area contributed by atoms with Gasteiger partial charge in [-0.25, -0.2) is 22.4 Å². The van der Waals surface area contributed by atoms with Crippen LogP contribution in [0.25, 0.3) is 0 Å². The standard InChI is InChI=1S/C24H12F4O7/c1-9(29)32-11-3-5-13-15(7-11)34-16-8-12(33-10(2)30)4-6-14(16)24(13)18-17(23(31)35-24)19(25)21(27)22(28)20(18)26/h3-8H,1-2H3. The molecule has 2 heterocycles. The van der Waals surface area contributed by atoms with Crippen LogP contribution in [0.4, 0.5) is 17.6 Å². The van der Waals surface area contributed by atoms with E-state index in [0.717, 1.165) is 13.8 Å². The predicted octanol–water partition coefficient (Wildman–Crippen LogP) is 4.66. The fourth-order valence-electron chi connectivity index (χ4n) is 4.25. The van der Waals surface area contributed by atoms with Gasteiger partial charge < -0.3 is 18.9 Å². The van der Waals surface area contributed by atoms with Crippen molar-refractivity contribution in [3.63, 3.8) is 0 Å². The van der Waals surface area contributed by atoms with Crippen molar-refractivity contribution >= 4 is 17.9 Å². The maximum atomic E-state index is 15.2. The molecule has 2 aliphatic heterocycles. The summed E-state index contributed by atoms with van der Waals surface area (Å²) in [7, 11) is 0. The van der Waals surface area contributed by atoms with Gasteiger partial charge in [-0.2, -0.15) is 0 Å². The molecule has 0 bridgehead atoms. The van der Waals surface area contributed by atoms with Gasteiger partial charge in [-0.3, -0.25) is 9.59 Å². The second kappa shape index (κ2) is 7.55. The smallest absolute Gasteiger partial charge is 0.343 e. The van der Waals surface area contributed by atoms with E-state index in [1.807, 2.05) is 0 Å². The van der Waals surface area contributed by atoms with Crippen LogP contribution in [0.1, 0.15) is 40.9 Å². The normalized spacial score (nSPS) is 14.4. The van der Waals surface area contributed by atoms with E-state index < -0.39 is 57.9 Å². The highest BCUT2D eigenvalue weighted by Gasteiger charge is 2.57. The van der Waals surface area contributed by atoms with E-state index in [9.17, 15) is 27.6 Å². The van der Waals surface area contributed by atoms with E-state index in [1.54, 1.807) is 0 Å². The van der Waals surface area contributed by atoms with Crippen LogP contribution in [-0.4, -0.2) is 17.9 Å². The zero-order valence-corrected chi connectivity index (χ0v) is 17.8. The van der Waals surface area contributed by atoms with Crippen LogP contribution in [-0.2, 0) is 19.9 Å². The fourth-order valence-corrected chi connectivity index (χ4v) is 4.25. The number of ether oxygens (including phenoxy) is 4. The van der Waals surface area contributed by atoms with Crippen molar-refractivity contribution in [2.45, 2.75) is 19.4 Å². The lowest BCUT2D eigenvalue weighted by atomic mass is 9.77. The molecule has 0 saturated carbocycles. The van der Waals surface area contributed by atoms with Crippen LogP contribution in [0.2, 0.25) is 0 Å². The summed E-state index contributed by atoms with van der Waals surface area (Å²) in [5.74, 6) is -11.1. The van der Waals surface area contributed by atoms with Crippen molar-refractivity contribution in [1.29, 1.82) is 0 Å². The molecule has 5 rings (SSSR count). The van der Waals surface area contributed by atoms with E-state index in [1.165, 1.54) is 36.4 Å². The zero-order chi connectivity index (χ0) is 25.2. The number of esters is 3. The largest absolute Gasteiger partial charge is 0.456 e. The minimum atomic E-state index is -2.31. The molecule has 7 nitrogen and oxygen atoms in total. The van der Waals surface area contributed by atoms with Crippen LogP contribution < -0.4 is 14.2 Å². The summed E-state index contributed by atoms with van der Waals surface area (Å²) in [4.78, 5) is 35.5. The minimum absolute atomic E-state index is 0.00697. The molecule has 0 aromatic heterocycles. The molecule has 0 aliphatic carbocycles. The quantitative estimate of drug-likeness (QED) is 0.170. The van der Waals surface area contributed by atoms with Crippen molar-refractivity contribution in [2.24, 2.45) is 0 Å². The third-order valence-corrected chi connectivity index (χ3v) is 5.48. The van der Waals surface area contributed by atoms with Gasteiger partial charge in [0.1, 0.15) is 28.6 Å². The monoisotopic (exact) mass is 488 g/mol. The van der Waals surface area contributed by atoms with E-state index in [2.05, 4.69) is 0 Å². The lowest BCUT2D eigenvalue weighted by molar-refractivity contribution is -0.132. The summed E-state index contributed by atoms with van der Waals surface area (Å²) >= 11 is 0. The molecule has 0 amide bonds. The molecule has 1 spiro atoms. The van der Waals surface area contributed by atoms with Gasteiger partial charge in [0.2, 0.25) is 0 Å². The maximum absolute atomic E-state index is 15.2. The lowest BCUT2D eigenvalue weighted by Crippen LogP contribution is -2.34. The first-order valence-corrected chi connectivity index (χ1v) is 9.98. The van der Waals surface area contributed by atoms with Crippen molar-refractivity contribution in [3.05, 3.63) is 81.9 Å². The summed E-state index contributed by atoms with van der Waals surface area (Å²) in [6.45, 7) is 2.29. The highest BCUT2D eigenvalue weighted by atomic mass is 19.2. The molecule has 0 saturated heterocycles. The third kappa shape index (κ3) is 3.15. The maximum Gasteiger partial charge on any atom is 0.343 e. The number of benzene rings is 3. The second-order valence-electron chi connectivity index (χ2n) is 7.68. The Balaban J connectivity index is 1.86. The van der Waals surface area contributed by atoms with Gasteiger partial charge >= 0.3 is 17.9 Å². The Morgan fingerprint density at radius 2 is 1.26 bits per heavy atom. The average Bonchev–Trinajstić information content (AvgIpc) is 3.08. The number of halogens is 4. The fraction of sp³-hybridized carbons (Fsp3) is 0.125. The van der Waals surface area contributed by atoms with Gasteiger partial charge in [0.15, 0.2) is 28.9 Å². The summed E-state index contributed by atoms with van der Waals surface area (Å²) in [6, 6.07) is 7.45. The Morgan fingerprint density at radius 3 is 1.74 bits per heavy atom. The van der Waals surface area contributed by atoms with Gasteiger partial charge in [-0.15, -0.1) is 0 Å². The first-order valence-electron chi connectivity index (χ1n) is 9.98. The molecule has 0 radical (unpaired) electrons. The molecule has 0 unspecified atom stereocenters. The summed E-state index contributed by atoms with van der Waals surface area (Å²) in [5, 5.41) is 0. The Morgan fingerprint density at radius 1 is 0.771 bits per heavy atom. The van der Waals surface area contributed by atoms with Gasteiger partial charge in [-0.05, 0) is 24.3 Å². The van der Waals surface area contributed by atoms with Gasteiger partial charge in [0, 0.05) is 37.1 Å². The SMILES string of the molecule is CC(=O)Oc1ccc2c(c1)Oc1cc(OC(C)=O)ccc1C21OC(=O)c2c(F)c(F)c(F)c(F)c21. The molecule has 2 aliphatic rings. The summed E-state index contributed by atoms with van der Waals surface area (Å²) in [5.41, 5.74) is -4.49. The topological polar surface area (TPSA) is 88.1 Å². The van der Waals surface area contributed by atoms with Gasteiger partial charge in [0.25, 0.3) is 0 Å². The zero-order valence-electron chi connectivity index (χ0n) is 17.8. The number of hydrogen-bond acceptors (Lipinski definition) is 7. The Kier molecular flexibility index (Phi) is 4.83. The number of carbonyl (C=O) groups is 3. The Hall–Kier alpha value is -4.41. The molecular formula is C24H12F4O7. The van der Waals surface area contributed by atoms with Crippen LogP contribution in [0, 0.1) is 23.3 Å². The first-order chi connectivity index (χ1) is 16.5. The highest BCUT2D eigenvalue weighted by Crippen LogP contribution is 2.58. The molecule has 3 aromatic carbocycles. The van der Waals surface area contributed by atoms with E-state index >= 15 is 4.39 Å². The second-order valence-corrected chi connectivity index (χ2v) is 7.68. The molecule has 178 valence electrons. The van der Waals surface area contributed by atoms with Crippen molar-refractivity contribution in [1.82, 2.24) is 0 Å². The number of carbonyl (C=O) groups excluding carboxylic acids is 3. The first kappa shape index (κ1) is 22.4. The molecular weight excluding hydrogens is 476 g/mol. The average molecular weight is 488 g/mol.